The summed E-state index contributed by atoms with van der Waals surface area (Å²) in [5.41, 5.74) is 6.83. The third kappa shape index (κ3) is 3.62. The normalized spacial score (nSPS) is 12.4. The Hall–Kier alpha value is -1.30. The van der Waals surface area contributed by atoms with E-state index in [0.29, 0.717) is 10.9 Å². The lowest BCUT2D eigenvalue weighted by molar-refractivity contribution is 0.549. The summed E-state index contributed by atoms with van der Waals surface area (Å²) < 4.78 is 13.7. The Morgan fingerprint density at radius 1 is 1.25 bits per heavy atom. The van der Waals surface area contributed by atoms with Gasteiger partial charge < -0.3 is 0 Å². The van der Waals surface area contributed by atoms with Crippen molar-refractivity contribution in [1.82, 2.24) is 10.4 Å². The highest BCUT2D eigenvalue weighted by molar-refractivity contribution is 9.10. The molecule has 0 saturated carbocycles. The second kappa shape index (κ2) is 6.43. The molecule has 0 amide bonds. The third-order valence-electron chi connectivity index (χ3n) is 3.13. The molecule has 106 valence electrons. The van der Waals surface area contributed by atoms with Crippen molar-refractivity contribution in [2.45, 2.75) is 26.3 Å². The number of nitrogens with zero attached hydrogens (tertiary/aromatic N) is 1. The first kappa shape index (κ1) is 15.1. The summed E-state index contributed by atoms with van der Waals surface area (Å²) in [4.78, 5) is 4.36. The van der Waals surface area contributed by atoms with Crippen LogP contribution in [0.2, 0.25) is 0 Å². The molecule has 0 aliphatic carbocycles. The zero-order valence-corrected chi connectivity index (χ0v) is 13.0. The molecule has 0 spiro atoms. The predicted octanol–water partition coefficient (Wildman–Crippen LogP) is 3.35. The molecule has 0 bridgehead atoms. The number of hydrogen-bond acceptors (Lipinski definition) is 3. The second-order valence-corrected chi connectivity index (χ2v) is 5.71. The zero-order chi connectivity index (χ0) is 14.7. The van der Waals surface area contributed by atoms with Gasteiger partial charge in [-0.05, 0) is 71.6 Å². The number of hydrazine groups is 1. The minimum atomic E-state index is -0.262. The number of nitrogens with two attached hydrogens (primary N) is 1. The van der Waals surface area contributed by atoms with E-state index in [1.165, 1.54) is 6.07 Å². The number of pyridine rings is 1. The van der Waals surface area contributed by atoms with E-state index in [9.17, 15) is 4.39 Å². The van der Waals surface area contributed by atoms with Gasteiger partial charge >= 0.3 is 0 Å². The van der Waals surface area contributed by atoms with E-state index in [4.69, 9.17) is 5.84 Å². The number of rotatable bonds is 4. The maximum atomic E-state index is 13.3. The standard InChI is InChI=1S/C15H17BrFN3/c1-9-5-12(6-10(2)19-9)15(20-18)8-11-3-4-14(17)13(16)7-11/h3-7,15,20H,8,18H2,1-2H3. The number of aromatic nitrogens is 1. The van der Waals surface area contributed by atoms with Crippen molar-refractivity contribution >= 4 is 15.9 Å². The van der Waals surface area contributed by atoms with E-state index in [2.05, 4.69) is 26.3 Å². The predicted molar refractivity (Wildman–Crippen MR) is 81.6 cm³/mol. The maximum absolute atomic E-state index is 13.3. The van der Waals surface area contributed by atoms with Gasteiger partial charge in [-0.3, -0.25) is 16.3 Å². The molecule has 20 heavy (non-hydrogen) atoms. The molecular weight excluding hydrogens is 321 g/mol. The summed E-state index contributed by atoms with van der Waals surface area (Å²) in [7, 11) is 0. The molecule has 5 heteroatoms. The fraction of sp³-hybridized carbons (Fsp3) is 0.267. The first-order valence-corrected chi connectivity index (χ1v) is 7.14. The van der Waals surface area contributed by atoms with E-state index in [0.717, 1.165) is 22.5 Å². The highest BCUT2D eigenvalue weighted by atomic mass is 79.9. The molecular formula is C15H17BrFN3. The lowest BCUT2D eigenvalue weighted by Crippen LogP contribution is -2.29. The van der Waals surface area contributed by atoms with Gasteiger partial charge in [0.05, 0.1) is 10.5 Å². The Bertz CT molecular complexity index is 596. The Labute approximate surface area is 126 Å². The van der Waals surface area contributed by atoms with Crippen molar-refractivity contribution in [2.75, 3.05) is 0 Å². The SMILES string of the molecule is Cc1cc(C(Cc2ccc(F)c(Br)c2)NN)cc(C)n1. The molecule has 0 radical (unpaired) electrons. The summed E-state index contributed by atoms with van der Waals surface area (Å²) in [5.74, 6) is 5.40. The Kier molecular flexibility index (Phi) is 4.86. The number of benzene rings is 1. The van der Waals surface area contributed by atoms with Gasteiger partial charge in [-0.1, -0.05) is 6.07 Å². The Morgan fingerprint density at radius 3 is 2.45 bits per heavy atom. The zero-order valence-electron chi connectivity index (χ0n) is 11.5. The number of halogens is 2. The average Bonchev–Trinajstić information content (AvgIpc) is 2.38. The van der Waals surface area contributed by atoms with E-state index >= 15 is 0 Å². The number of aryl methyl sites for hydroxylation is 2. The van der Waals surface area contributed by atoms with Gasteiger partial charge in [0.25, 0.3) is 0 Å². The van der Waals surface area contributed by atoms with Crippen LogP contribution in [0.15, 0.2) is 34.8 Å². The van der Waals surface area contributed by atoms with Crippen molar-refractivity contribution in [3.63, 3.8) is 0 Å². The fourth-order valence-corrected chi connectivity index (χ4v) is 2.67. The van der Waals surface area contributed by atoms with E-state index in [1.54, 1.807) is 12.1 Å². The van der Waals surface area contributed by atoms with Crippen LogP contribution < -0.4 is 11.3 Å². The molecule has 3 N–H and O–H groups in total. The molecule has 1 aromatic carbocycles. The van der Waals surface area contributed by atoms with Crippen LogP contribution in [0.25, 0.3) is 0 Å². The van der Waals surface area contributed by atoms with Crippen LogP contribution in [0, 0.1) is 19.7 Å². The average molecular weight is 338 g/mol. The number of hydrogen-bond donors (Lipinski definition) is 2. The minimum Gasteiger partial charge on any atom is -0.271 e. The molecule has 1 unspecified atom stereocenters. The van der Waals surface area contributed by atoms with Crippen LogP contribution in [0.4, 0.5) is 4.39 Å². The summed E-state index contributed by atoms with van der Waals surface area (Å²) in [5, 5.41) is 0. The van der Waals surface area contributed by atoms with Crippen LogP contribution in [0.1, 0.15) is 28.6 Å². The van der Waals surface area contributed by atoms with Crippen molar-refractivity contribution in [3.8, 4) is 0 Å². The molecule has 3 nitrogen and oxygen atoms in total. The number of nitrogens with one attached hydrogen (secondary N) is 1. The molecule has 0 aliphatic heterocycles. The minimum absolute atomic E-state index is 0.0345. The van der Waals surface area contributed by atoms with Gasteiger partial charge in [0, 0.05) is 11.4 Å². The van der Waals surface area contributed by atoms with Crippen molar-refractivity contribution in [1.29, 1.82) is 0 Å². The topological polar surface area (TPSA) is 50.9 Å². The largest absolute Gasteiger partial charge is 0.271 e. The summed E-state index contributed by atoms with van der Waals surface area (Å²) >= 11 is 3.20. The summed E-state index contributed by atoms with van der Waals surface area (Å²) in [6, 6.07) is 8.99. The Balaban J connectivity index is 2.26. The second-order valence-electron chi connectivity index (χ2n) is 4.86. The van der Waals surface area contributed by atoms with Gasteiger partial charge in [0.1, 0.15) is 5.82 Å². The molecule has 0 saturated heterocycles. The van der Waals surface area contributed by atoms with Gasteiger partial charge in [0.15, 0.2) is 0 Å². The molecule has 1 heterocycles. The Morgan fingerprint density at radius 2 is 1.90 bits per heavy atom. The fourth-order valence-electron chi connectivity index (χ4n) is 2.24. The van der Waals surface area contributed by atoms with Crippen molar-refractivity contribution < 1.29 is 4.39 Å². The van der Waals surface area contributed by atoms with E-state index < -0.39 is 0 Å². The van der Waals surface area contributed by atoms with E-state index in [1.807, 2.05) is 26.0 Å². The molecule has 0 aliphatic rings. The highest BCUT2D eigenvalue weighted by Crippen LogP contribution is 2.23. The van der Waals surface area contributed by atoms with Gasteiger partial charge in [-0.15, -0.1) is 0 Å². The van der Waals surface area contributed by atoms with Crippen LogP contribution >= 0.6 is 15.9 Å². The van der Waals surface area contributed by atoms with Crippen molar-refractivity contribution in [3.05, 3.63) is 63.1 Å². The van der Waals surface area contributed by atoms with Crippen LogP contribution in [-0.4, -0.2) is 4.98 Å². The van der Waals surface area contributed by atoms with Gasteiger partial charge in [0.2, 0.25) is 0 Å². The quantitative estimate of drug-likeness (QED) is 0.664. The third-order valence-corrected chi connectivity index (χ3v) is 3.74. The summed E-state index contributed by atoms with van der Waals surface area (Å²) in [6.45, 7) is 3.91. The lowest BCUT2D eigenvalue weighted by Gasteiger charge is -2.17. The molecule has 2 aromatic rings. The maximum Gasteiger partial charge on any atom is 0.137 e. The first-order chi connectivity index (χ1) is 9.49. The first-order valence-electron chi connectivity index (χ1n) is 6.35. The molecule has 1 atom stereocenters. The van der Waals surface area contributed by atoms with Crippen LogP contribution in [0.5, 0.6) is 0 Å². The van der Waals surface area contributed by atoms with Crippen molar-refractivity contribution in [2.24, 2.45) is 5.84 Å². The molecule has 2 rings (SSSR count). The van der Waals surface area contributed by atoms with Gasteiger partial charge in [-0.2, -0.15) is 0 Å². The lowest BCUT2D eigenvalue weighted by atomic mass is 9.99. The molecule has 1 aromatic heterocycles. The monoisotopic (exact) mass is 337 g/mol. The summed E-state index contributed by atoms with van der Waals surface area (Å²) in [6.07, 6.45) is 0.679. The molecule has 0 fully saturated rings. The smallest absolute Gasteiger partial charge is 0.137 e. The van der Waals surface area contributed by atoms with E-state index in [-0.39, 0.29) is 11.9 Å². The van der Waals surface area contributed by atoms with Crippen LogP contribution in [-0.2, 0) is 6.42 Å². The van der Waals surface area contributed by atoms with Crippen LogP contribution in [0.3, 0.4) is 0 Å². The van der Waals surface area contributed by atoms with Gasteiger partial charge in [-0.25, -0.2) is 4.39 Å². The highest BCUT2D eigenvalue weighted by Gasteiger charge is 2.13.